The van der Waals surface area contributed by atoms with Gasteiger partial charge in [-0.25, -0.2) is 0 Å². The Morgan fingerprint density at radius 3 is 1.30 bits per heavy atom. The van der Waals surface area contributed by atoms with Crippen LogP contribution in [-0.2, 0) is 52.3 Å². The van der Waals surface area contributed by atoms with Gasteiger partial charge in [0.05, 0.1) is 25.9 Å². The first-order chi connectivity index (χ1) is 32.5. The van der Waals surface area contributed by atoms with Crippen LogP contribution in [0, 0.1) is 0 Å². The summed E-state index contributed by atoms with van der Waals surface area (Å²) in [5.41, 5.74) is -1.76. The highest BCUT2D eigenvalue weighted by atomic mass is 16.7. The summed E-state index contributed by atoms with van der Waals surface area (Å²) in [5.74, 6) is -5.59. The lowest BCUT2D eigenvalue weighted by molar-refractivity contribution is -0.303. The molecule has 3 aliphatic rings. The molecule has 3 rings (SSSR count). The molecule has 69 heavy (non-hydrogen) atoms. The molecule has 0 aromatic heterocycles. The van der Waals surface area contributed by atoms with Gasteiger partial charge >= 0.3 is 0 Å². The maximum absolute atomic E-state index is 12.5. The fourth-order valence-corrected chi connectivity index (χ4v) is 7.65. The Morgan fingerprint density at radius 2 is 0.913 bits per heavy atom. The monoisotopic (exact) mass is 1010 g/mol. The molecule has 19 unspecified atom stereocenters. The molecule has 3 saturated heterocycles. The van der Waals surface area contributed by atoms with E-state index in [-0.39, 0.29) is 0 Å². The summed E-state index contributed by atoms with van der Waals surface area (Å²) in [6.45, 7) is -0.363. The van der Waals surface area contributed by atoms with Crippen LogP contribution in [0.2, 0.25) is 0 Å². The van der Waals surface area contributed by atoms with Gasteiger partial charge in [-0.15, -0.1) is 0 Å². The van der Waals surface area contributed by atoms with E-state index < -0.39 is 209 Å². The maximum Gasteiger partial charge on any atom is 0.221 e. The molecular formula is C39H67N5O25. The quantitative estimate of drug-likeness (QED) is 0.0315. The molecular weight excluding hydrogens is 938 g/mol. The topological polar surface area (TPSA) is 476 Å². The van der Waals surface area contributed by atoms with Crippen molar-refractivity contribution in [2.24, 2.45) is 0 Å². The third-order valence-electron chi connectivity index (χ3n) is 10.9. The van der Waals surface area contributed by atoms with Gasteiger partial charge in [0.2, 0.25) is 23.6 Å². The van der Waals surface area contributed by atoms with Gasteiger partial charge in [-0.1, -0.05) is 0 Å². The van der Waals surface area contributed by atoms with Crippen LogP contribution in [0.5, 0.6) is 0 Å². The van der Waals surface area contributed by atoms with Crippen LogP contribution < -0.4 is 26.6 Å². The zero-order chi connectivity index (χ0) is 52.0. The van der Waals surface area contributed by atoms with Gasteiger partial charge in [-0.05, 0) is 7.05 Å². The van der Waals surface area contributed by atoms with E-state index in [4.69, 9.17) is 33.2 Å². The van der Waals surface area contributed by atoms with E-state index in [0.29, 0.717) is 0 Å². The van der Waals surface area contributed by atoms with Gasteiger partial charge in [0, 0.05) is 53.8 Å². The van der Waals surface area contributed by atoms with E-state index in [2.05, 4.69) is 26.6 Å². The number of hydrogen-bond acceptors (Lipinski definition) is 26. The first-order valence-electron chi connectivity index (χ1n) is 21.5. The summed E-state index contributed by atoms with van der Waals surface area (Å²) >= 11 is 0. The number of ether oxygens (including phenoxy) is 7. The lowest BCUT2D eigenvalue weighted by Gasteiger charge is -2.45. The SMILES string of the molecule is CNC1C(OC(CCO)/C(O)=C(/NC(C)=O)C(O)OC2C(CO)OC(OC(CCO)/C(O)=C(/NC(C)=O)C(O)OC3C(CO)OC(O)C(NC(C)=O)C3O)C(NC(C)=O)C2O)OC(CO)C(O)C1O. The molecule has 0 aromatic carbocycles. The summed E-state index contributed by atoms with van der Waals surface area (Å²) in [7, 11) is 1.36. The van der Waals surface area contributed by atoms with Crippen molar-refractivity contribution >= 4 is 23.6 Å². The second-order valence-corrected chi connectivity index (χ2v) is 16.1. The summed E-state index contributed by atoms with van der Waals surface area (Å²) in [6, 6.07) is -4.57. The molecule has 3 heterocycles. The van der Waals surface area contributed by atoms with Crippen LogP contribution in [0.15, 0.2) is 22.9 Å². The number of carbonyl (C=O) groups is 4. The Morgan fingerprint density at radius 1 is 0.522 bits per heavy atom. The Balaban J connectivity index is 2.01. The van der Waals surface area contributed by atoms with Crippen molar-refractivity contribution in [2.45, 2.75) is 157 Å². The van der Waals surface area contributed by atoms with Gasteiger partial charge in [-0.2, -0.15) is 0 Å². The number of rotatable bonds is 24. The normalized spacial score (nSPS) is 34.2. The molecule has 0 spiro atoms. The average molecular weight is 1010 g/mol. The highest BCUT2D eigenvalue weighted by Gasteiger charge is 2.51. The lowest BCUT2D eigenvalue weighted by atomic mass is 9.96. The minimum absolute atomic E-state index is 0.481. The summed E-state index contributed by atoms with van der Waals surface area (Å²) in [4.78, 5) is 49.0. The van der Waals surface area contributed by atoms with Crippen molar-refractivity contribution in [3.8, 4) is 0 Å². The molecule has 0 radical (unpaired) electrons. The van der Waals surface area contributed by atoms with Crippen molar-refractivity contribution in [3.05, 3.63) is 22.9 Å². The molecule has 4 amide bonds. The highest BCUT2D eigenvalue weighted by Crippen LogP contribution is 2.32. The zero-order valence-corrected chi connectivity index (χ0v) is 38.2. The molecule has 0 saturated carbocycles. The predicted octanol–water partition coefficient (Wildman–Crippen LogP) is -9.07. The number of likely N-dealkylation sites (N-methyl/N-ethyl adjacent to an activating group) is 1. The van der Waals surface area contributed by atoms with Gasteiger partial charge in [0.1, 0.15) is 102 Å². The Kier molecular flexibility index (Phi) is 23.9. The molecule has 0 aromatic rings. The third-order valence-corrected chi connectivity index (χ3v) is 10.9. The predicted molar refractivity (Wildman–Crippen MR) is 223 cm³/mol. The highest BCUT2D eigenvalue weighted by molar-refractivity contribution is 5.76. The Bertz CT molecular complexity index is 1750. The second-order valence-electron chi connectivity index (χ2n) is 16.1. The summed E-state index contributed by atoms with van der Waals surface area (Å²) in [5, 5.41) is 161. The zero-order valence-electron chi connectivity index (χ0n) is 38.2. The minimum Gasteiger partial charge on any atom is -0.507 e. The molecule has 30 heteroatoms. The lowest BCUT2D eigenvalue weighted by Crippen LogP contribution is -2.66. The van der Waals surface area contributed by atoms with Gasteiger partial charge in [-0.3, -0.25) is 19.2 Å². The first-order valence-corrected chi connectivity index (χ1v) is 21.5. The van der Waals surface area contributed by atoms with Gasteiger partial charge in [0.25, 0.3) is 0 Å². The van der Waals surface area contributed by atoms with Crippen LogP contribution in [0.1, 0.15) is 40.5 Å². The number of amides is 4. The van der Waals surface area contributed by atoms with Crippen LogP contribution in [0.25, 0.3) is 0 Å². The van der Waals surface area contributed by atoms with Crippen LogP contribution in [0.3, 0.4) is 0 Å². The van der Waals surface area contributed by atoms with E-state index >= 15 is 0 Å². The number of aliphatic hydroxyl groups excluding tert-OH is 14. The average Bonchev–Trinajstić information content (AvgIpc) is 3.28. The molecule has 19 N–H and O–H groups in total. The third kappa shape index (κ3) is 15.6. The molecule has 398 valence electrons. The van der Waals surface area contributed by atoms with E-state index in [1.54, 1.807) is 0 Å². The Labute approximate surface area is 394 Å². The largest absolute Gasteiger partial charge is 0.507 e. The fourth-order valence-electron chi connectivity index (χ4n) is 7.65. The maximum atomic E-state index is 12.5. The number of nitrogens with one attached hydrogen (secondary N) is 5. The number of carbonyl (C=O) groups excluding carboxylic acids is 4. The van der Waals surface area contributed by atoms with Crippen LogP contribution >= 0.6 is 0 Å². The molecule has 3 aliphatic heterocycles. The molecule has 0 bridgehead atoms. The number of aliphatic hydroxyl groups is 14. The van der Waals surface area contributed by atoms with Gasteiger partial charge in [0.15, 0.2) is 31.5 Å². The van der Waals surface area contributed by atoms with Crippen molar-refractivity contribution < 1.29 is 124 Å². The minimum atomic E-state index is -2.48. The smallest absolute Gasteiger partial charge is 0.221 e. The molecule has 19 atom stereocenters. The fraction of sp³-hybridized carbons (Fsp3) is 0.795. The molecule has 30 nitrogen and oxygen atoms in total. The van der Waals surface area contributed by atoms with Crippen LogP contribution in [-0.4, -0.2) is 252 Å². The molecule has 3 fully saturated rings. The van der Waals surface area contributed by atoms with E-state index in [1.807, 2.05) is 0 Å². The summed E-state index contributed by atoms with van der Waals surface area (Å²) in [6.07, 6.45) is -30.6. The van der Waals surface area contributed by atoms with E-state index in [9.17, 15) is 90.7 Å². The van der Waals surface area contributed by atoms with Crippen molar-refractivity contribution in [3.63, 3.8) is 0 Å². The van der Waals surface area contributed by atoms with Crippen LogP contribution in [0.4, 0.5) is 0 Å². The van der Waals surface area contributed by atoms with Gasteiger partial charge < -0.3 is 131 Å². The standard InChI is InChI=1S/C39H67N5O25/c1-13(50)41-22(27(54)17(6-8-45)64-38-25(40-5)30(57)29(56)19(10-47)66-38)37(62)69-34-21(12-49)67-39(26(32(34)59)44-16(4)53)65-18(7-9-46)28(55)23(42-14(2)51)36(61)68-33-20(11-48)63-35(60)24(31(33)58)43-15(3)52/h17-21,24-26,29-40,45-49,54-62H,6-12H2,1-5H3,(H,41,50)(H,42,51)(H,43,52)(H,44,53)/b27-22-,28-23-. The van der Waals surface area contributed by atoms with Crippen molar-refractivity contribution in [1.29, 1.82) is 0 Å². The summed E-state index contributed by atoms with van der Waals surface area (Å²) < 4.78 is 39.5. The van der Waals surface area contributed by atoms with E-state index in [0.717, 1.165) is 27.7 Å². The first kappa shape index (κ1) is 59.5. The Hall–Kier alpha value is -3.84. The van der Waals surface area contributed by atoms with Crippen molar-refractivity contribution in [2.75, 3.05) is 40.1 Å². The molecule has 0 aliphatic carbocycles. The van der Waals surface area contributed by atoms with E-state index in [1.165, 1.54) is 7.05 Å². The number of hydrogen-bond donors (Lipinski definition) is 19. The van der Waals surface area contributed by atoms with Crippen molar-refractivity contribution in [1.82, 2.24) is 26.6 Å². The second kappa shape index (κ2) is 27.7.